The first-order valence-corrected chi connectivity index (χ1v) is 7.27. The SMILES string of the molecule is CCc1ccccc1OC1CCCCCC1NC. The van der Waals surface area contributed by atoms with Gasteiger partial charge in [0.05, 0.1) is 0 Å². The van der Waals surface area contributed by atoms with Crippen LogP contribution in [0.2, 0.25) is 0 Å². The summed E-state index contributed by atoms with van der Waals surface area (Å²) < 4.78 is 6.30. The van der Waals surface area contributed by atoms with E-state index in [1.165, 1.54) is 37.7 Å². The molecule has 0 heterocycles. The van der Waals surface area contributed by atoms with Gasteiger partial charge in [0, 0.05) is 6.04 Å². The van der Waals surface area contributed by atoms with Crippen LogP contribution in [0.1, 0.15) is 44.6 Å². The zero-order chi connectivity index (χ0) is 12.8. The molecule has 0 aromatic heterocycles. The summed E-state index contributed by atoms with van der Waals surface area (Å²) in [5, 5.41) is 3.43. The summed E-state index contributed by atoms with van der Waals surface area (Å²) in [7, 11) is 2.05. The minimum atomic E-state index is 0.324. The van der Waals surface area contributed by atoms with Gasteiger partial charge in [-0.05, 0) is 44.4 Å². The molecule has 1 aromatic carbocycles. The van der Waals surface area contributed by atoms with Gasteiger partial charge in [0.1, 0.15) is 11.9 Å². The van der Waals surface area contributed by atoms with Crippen molar-refractivity contribution in [3.63, 3.8) is 0 Å². The second-order valence-electron chi connectivity index (χ2n) is 5.15. The highest BCUT2D eigenvalue weighted by atomic mass is 16.5. The molecule has 1 aliphatic rings. The predicted octanol–water partition coefficient (Wildman–Crippen LogP) is 3.55. The summed E-state index contributed by atoms with van der Waals surface area (Å²) in [6.45, 7) is 2.19. The highest BCUT2D eigenvalue weighted by molar-refractivity contribution is 5.33. The van der Waals surface area contributed by atoms with Crippen molar-refractivity contribution in [2.45, 2.75) is 57.6 Å². The molecular formula is C16H25NO. The Morgan fingerprint density at radius 1 is 1.17 bits per heavy atom. The highest BCUT2D eigenvalue weighted by Gasteiger charge is 2.24. The van der Waals surface area contributed by atoms with E-state index < -0.39 is 0 Å². The number of para-hydroxylation sites is 1. The Balaban J connectivity index is 2.10. The second-order valence-corrected chi connectivity index (χ2v) is 5.15. The van der Waals surface area contributed by atoms with E-state index in [0.717, 1.165) is 12.2 Å². The smallest absolute Gasteiger partial charge is 0.122 e. The molecule has 1 saturated carbocycles. The fourth-order valence-corrected chi connectivity index (χ4v) is 2.82. The number of hydrogen-bond donors (Lipinski definition) is 1. The van der Waals surface area contributed by atoms with Crippen LogP contribution in [0.3, 0.4) is 0 Å². The van der Waals surface area contributed by atoms with Crippen LogP contribution in [0.15, 0.2) is 24.3 Å². The van der Waals surface area contributed by atoms with E-state index in [0.29, 0.717) is 12.1 Å². The number of aryl methyl sites for hydroxylation is 1. The largest absolute Gasteiger partial charge is 0.489 e. The molecule has 0 spiro atoms. The topological polar surface area (TPSA) is 21.3 Å². The number of likely N-dealkylation sites (N-methyl/N-ethyl adjacent to an activating group) is 1. The van der Waals surface area contributed by atoms with Gasteiger partial charge in [-0.25, -0.2) is 0 Å². The Morgan fingerprint density at radius 3 is 2.72 bits per heavy atom. The number of nitrogens with one attached hydrogen (secondary N) is 1. The normalized spacial score (nSPS) is 24.6. The molecular weight excluding hydrogens is 222 g/mol. The lowest BCUT2D eigenvalue weighted by atomic mass is 10.1. The molecule has 100 valence electrons. The van der Waals surface area contributed by atoms with Crippen LogP contribution in [-0.4, -0.2) is 19.2 Å². The molecule has 1 aliphatic carbocycles. The zero-order valence-electron chi connectivity index (χ0n) is 11.6. The maximum absolute atomic E-state index is 6.30. The average Bonchev–Trinajstić information content (AvgIpc) is 2.64. The van der Waals surface area contributed by atoms with Crippen molar-refractivity contribution >= 4 is 0 Å². The van der Waals surface area contributed by atoms with Gasteiger partial charge in [-0.15, -0.1) is 0 Å². The minimum absolute atomic E-state index is 0.324. The van der Waals surface area contributed by atoms with Crippen LogP contribution in [0.4, 0.5) is 0 Å². The molecule has 0 radical (unpaired) electrons. The lowest BCUT2D eigenvalue weighted by molar-refractivity contribution is 0.147. The molecule has 0 saturated heterocycles. The van der Waals surface area contributed by atoms with Crippen molar-refractivity contribution in [1.82, 2.24) is 5.32 Å². The van der Waals surface area contributed by atoms with Gasteiger partial charge in [-0.3, -0.25) is 0 Å². The van der Waals surface area contributed by atoms with Crippen LogP contribution >= 0.6 is 0 Å². The van der Waals surface area contributed by atoms with Gasteiger partial charge >= 0.3 is 0 Å². The molecule has 2 unspecified atom stereocenters. The first-order valence-electron chi connectivity index (χ1n) is 7.27. The average molecular weight is 247 g/mol. The molecule has 2 heteroatoms. The Labute approximate surface area is 111 Å². The van der Waals surface area contributed by atoms with E-state index >= 15 is 0 Å². The monoisotopic (exact) mass is 247 g/mol. The van der Waals surface area contributed by atoms with Crippen molar-refractivity contribution in [2.75, 3.05) is 7.05 Å². The van der Waals surface area contributed by atoms with Gasteiger partial charge in [0.15, 0.2) is 0 Å². The lowest BCUT2D eigenvalue weighted by Gasteiger charge is -2.26. The van der Waals surface area contributed by atoms with E-state index in [-0.39, 0.29) is 0 Å². The standard InChI is InChI=1S/C16H25NO/c1-3-13-9-7-8-11-15(13)18-16-12-6-4-5-10-14(16)17-2/h7-9,11,14,16-17H,3-6,10,12H2,1-2H3. The lowest BCUT2D eigenvalue weighted by Crippen LogP contribution is -2.40. The van der Waals surface area contributed by atoms with Crippen molar-refractivity contribution in [2.24, 2.45) is 0 Å². The van der Waals surface area contributed by atoms with Crippen LogP contribution in [-0.2, 0) is 6.42 Å². The molecule has 1 fully saturated rings. The van der Waals surface area contributed by atoms with Gasteiger partial charge in [-0.1, -0.05) is 38.0 Å². The second kappa shape index (κ2) is 6.79. The van der Waals surface area contributed by atoms with E-state index in [1.54, 1.807) is 0 Å². The Bertz CT molecular complexity index is 364. The van der Waals surface area contributed by atoms with Crippen molar-refractivity contribution < 1.29 is 4.74 Å². The van der Waals surface area contributed by atoms with Gasteiger partial charge in [0.2, 0.25) is 0 Å². The fourth-order valence-electron chi connectivity index (χ4n) is 2.82. The third kappa shape index (κ3) is 3.26. The zero-order valence-corrected chi connectivity index (χ0v) is 11.6. The number of hydrogen-bond acceptors (Lipinski definition) is 2. The predicted molar refractivity (Wildman–Crippen MR) is 76.2 cm³/mol. The van der Waals surface area contributed by atoms with Crippen molar-refractivity contribution in [3.8, 4) is 5.75 Å². The van der Waals surface area contributed by atoms with E-state index in [1.807, 2.05) is 0 Å². The Hall–Kier alpha value is -1.02. The molecule has 18 heavy (non-hydrogen) atoms. The molecule has 2 rings (SSSR count). The minimum Gasteiger partial charge on any atom is -0.489 e. The molecule has 0 amide bonds. The van der Waals surface area contributed by atoms with Gasteiger partial charge < -0.3 is 10.1 Å². The van der Waals surface area contributed by atoms with E-state index in [2.05, 4.69) is 43.6 Å². The van der Waals surface area contributed by atoms with Crippen LogP contribution in [0, 0.1) is 0 Å². The Morgan fingerprint density at radius 2 is 1.94 bits per heavy atom. The van der Waals surface area contributed by atoms with Crippen LogP contribution in [0.25, 0.3) is 0 Å². The number of ether oxygens (including phenoxy) is 1. The summed E-state index contributed by atoms with van der Waals surface area (Å²) in [5.74, 6) is 1.08. The summed E-state index contributed by atoms with van der Waals surface area (Å²) in [4.78, 5) is 0. The molecule has 0 aliphatic heterocycles. The van der Waals surface area contributed by atoms with E-state index in [9.17, 15) is 0 Å². The first kappa shape index (κ1) is 13.4. The Kier molecular flexibility index (Phi) is 5.06. The molecule has 1 aromatic rings. The van der Waals surface area contributed by atoms with Gasteiger partial charge in [0.25, 0.3) is 0 Å². The highest BCUT2D eigenvalue weighted by Crippen LogP contribution is 2.26. The fraction of sp³-hybridized carbons (Fsp3) is 0.625. The number of rotatable bonds is 4. The summed E-state index contributed by atoms with van der Waals surface area (Å²) in [5.41, 5.74) is 1.32. The quantitative estimate of drug-likeness (QED) is 0.822. The summed E-state index contributed by atoms with van der Waals surface area (Å²) >= 11 is 0. The molecule has 2 nitrogen and oxygen atoms in total. The molecule has 0 bridgehead atoms. The third-order valence-electron chi connectivity index (χ3n) is 3.96. The summed E-state index contributed by atoms with van der Waals surface area (Å²) in [6, 6.07) is 8.93. The molecule has 2 atom stereocenters. The molecule has 1 N–H and O–H groups in total. The van der Waals surface area contributed by atoms with E-state index in [4.69, 9.17) is 4.74 Å². The van der Waals surface area contributed by atoms with Crippen molar-refractivity contribution in [3.05, 3.63) is 29.8 Å². The first-order chi connectivity index (χ1) is 8.85. The third-order valence-corrected chi connectivity index (χ3v) is 3.96. The van der Waals surface area contributed by atoms with Crippen LogP contribution in [0.5, 0.6) is 5.75 Å². The maximum atomic E-state index is 6.30. The van der Waals surface area contributed by atoms with Gasteiger partial charge in [-0.2, -0.15) is 0 Å². The van der Waals surface area contributed by atoms with Crippen molar-refractivity contribution in [1.29, 1.82) is 0 Å². The maximum Gasteiger partial charge on any atom is 0.122 e. The number of benzene rings is 1. The summed E-state index contributed by atoms with van der Waals surface area (Å²) in [6.07, 6.45) is 7.71. The van der Waals surface area contributed by atoms with Crippen LogP contribution < -0.4 is 10.1 Å².